The number of rotatable bonds is 10. The van der Waals surface area contributed by atoms with E-state index in [9.17, 15) is 24.0 Å². The Balaban J connectivity index is 1.29. The number of likely N-dealkylation sites (tertiary alicyclic amines) is 1. The molecule has 2 saturated heterocycles. The predicted molar refractivity (Wildman–Crippen MR) is 250 cm³/mol. The first-order chi connectivity index (χ1) is 31.0. The van der Waals surface area contributed by atoms with Crippen LogP contribution >= 0.6 is 0 Å². The first-order valence-electron chi connectivity index (χ1n) is 23.0. The van der Waals surface area contributed by atoms with Crippen LogP contribution in [0.5, 0.6) is 0 Å². The number of ether oxygens (including phenoxy) is 2. The maximum Gasteiger partial charge on any atom is 0.324 e. The molecule has 14 heteroatoms. The fraction of sp³-hybridized carbons (Fsp3) is 0.490. The zero-order valence-electron chi connectivity index (χ0n) is 39.2. The summed E-state index contributed by atoms with van der Waals surface area (Å²) < 4.78 is 14.3. The summed E-state index contributed by atoms with van der Waals surface area (Å²) in [7, 11) is 3.30. The Morgan fingerprint density at radius 2 is 1.83 bits per heavy atom. The lowest BCUT2D eigenvalue weighted by Crippen LogP contribution is -2.62. The van der Waals surface area contributed by atoms with Gasteiger partial charge in [0, 0.05) is 74.8 Å². The molecule has 0 saturated carbocycles. The molecule has 0 unspecified atom stereocenters. The zero-order valence-corrected chi connectivity index (χ0v) is 39.2. The molecule has 4 amide bonds. The fourth-order valence-corrected chi connectivity index (χ4v) is 9.88. The number of hydrogen-bond donors (Lipinski definition) is 2. The summed E-state index contributed by atoms with van der Waals surface area (Å²) in [4.78, 5) is 77.2. The van der Waals surface area contributed by atoms with Crippen LogP contribution in [0.15, 0.2) is 73.4 Å². The Kier molecular flexibility index (Phi) is 14.3. The van der Waals surface area contributed by atoms with E-state index >= 15 is 0 Å². The monoisotopic (exact) mass is 887 g/mol. The molecule has 2 fully saturated rings. The molecular weight excluding hydrogens is 823 g/mol. The third kappa shape index (κ3) is 9.89. The highest BCUT2D eigenvalue weighted by molar-refractivity contribution is 5.96. The SMILES string of the molecule is C=CC(=O)N1CC[C@@H](C(=O)N(C)[C@H](C(=O)N[C@H]2Cc3cccc(c3)-c3ccc4c(c3)c(c(-c3cccnc3[C@H](C)OC)n4CC)CC(C)(C)COC(=O)[C@@H]3CCCN(N3)C2=O)C(C)C)C1. The van der Waals surface area contributed by atoms with Gasteiger partial charge in [0.25, 0.3) is 5.91 Å². The highest BCUT2D eigenvalue weighted by Crippen LogP contribution is 2.42. The Morgan fingerprint density at radius 1 is 1.06 bits per heavy atom. The van der Waals surface area contributed by atoms with Gasteiger partial charge in [-0.15, -0.1) is 0 Å². The number of fused-ring (bicyclic) bond motifs is 6. The zero-order chi connectivity index (χ0) is 46.7. The number of carbonyl (C=O) groups is 5. The first-order valence-corrected chi connectivity index (χ1v) is 23.0. The van der Waals surface area contributed by atoms with Crippen molar-refractivity contribution >= 4 is 40.5 Å². The van der Waals surface area contributed by atoms with Gasteiger partial charge in [0.05, 0.1) is 30.0 Å². The van der Waals surface area contributed by atoms with Crippen LogP contribution < -0.4 is 10.7 Å². The number of amides is 4. The summed E-state index contributed by atoms with van der Waals surface area (Å²) in [5, 5.41) is 5.57. The lowest BCUT2D eigenvalue weighted by molar-refractivity contribution is -0.155. The molecule has 3 aliphatic rings. The molecule has 5 heterocycles. The maximum absolute atomic E-state index is 14.7. The van der Waals surface area contributed by atoms with E-state index in [0.29, 0.717) is 45.3 Å². The van der Waals surface area contributed by atoms with Crippen LogP contribution in [0.1, 0.15) is 83.7 Å². The molecule has 65 heavy (non-hydrogen) atoms. The number of hydrogen-bond acceptors (Lipinski definition) is 9. The van der Waals surface area contributed by atoms with Gasteiger partial charge in [-0.3, -0.25) is 34.0 Å². The number of hydrazine groups is 1. The fourth-order valence-electron chi connectivity index (χ4n) is 9.88. The molecule has 2 N–H and O–H groups in total. The van der Waals surface area contributed by atoms with Crippen LogP contribution in [0.4, 0.5) is 0 Å². The number of benzene rings is 2. The van der Waals surface area contributed by atoms with Crippen LogP contribution in [-0.4, -0.2) is 112 Å². The number of nitrogens with one attached hydrogen (secondary N) is 2. The van der Waals surface area contributed by atoms with E-state index in [-0.39, 0.29) is 43.4 Å². The second-order valence-electron chi connectivity index (χ2n) is 19.0. The van der Waals surface area contributed by atoms with Gasteiger partial charge >= 0.3 is 5.97 Å². The largest absolute Gasteiger partial charge is 0.464 e. The number of aryl methyl sites for hydroxylation is 1. The van der Waals surface area contributed by atoms with E-state index in [1.807, 2.05) is 39.0 Å². The minimum atomic E-state index is -1.05. The molecule has 4 aromatic rings. The Morgan fingerprint density at radius 3 is 2.55 bits per heavy atom. The number of esters is 1. The van der Waals surface area contributed by atoms with E-state index in [1.54, 1.807) is 25.3 Å². The van der Waals surface area contributed by atoms with Gasteiger partial charge in [0.15, 0.2) is 0 Å². The van der Waals surface area contributed by atoms with Crippen LogP contribution in [0.3, 0.4) is 0 Å². The van der Waals surface area contributed by atoms with Gasteiger partial charge in [-0.2, -0.15) is 0 Å². The van der Waals surface area contributed by atoms with Crippen LogP contribution in [0, 0.1) is 17.3 Å². The highest BCUT2D eigenvalue weighted by atomic mass is 16.5. The number of likely N-dealkylation sites (N-methyl/N-ethyl adjacent to an activating group) is 1. The molecular formula is C51H65N7O7. The Bertz CT molecular complexity index is 2460. The normalized spacial score (nSPS) is 21.1. The average Bonchev–Trinajstić information content (AvgIpc) is 3.92. The molecule has 0 aliphatic carbocycles. The molecule has 346 valence electrons. The molecule has 0 radical (unpaired) electrons. The highest BCUT2D eigenvalue weighted by Gasteiger charge is 2.40. The summed E-state index contributed by atoms with van der Waals surface area (Å²) in [6.07, 6.45) is 5.02. The lowest BCUT2D eigenvalue weighted by Gasteiger charge is -2.37. The second-order valence-corrected chi connectivity index (χ2v) is 19.0. The number of nitrogens with zero attached hydrogens (tertiary/aromatic N) is 5. The third-order valence-electron chi connectivity index (χ3n) is 13.3. The van der Waals surface area contributed by atoms with Crippen molar-refractivity contribution in [2.45, 2.75) is 104 Å². The van der Waals surface area contributed by atoms with Gasteiger partial charge in [0.1, 0.15) is 18.1 Å². The van der Waals surface area contributed by atoms with Crippen molar-refractivity contribution in [3.8, 4) is 22.4 Å². The summed E-state index contributed by atoms with van der Waals surface area (Å²) in [5.41, 5.74) is 10.5. The molecule has 2 aromatic heterocycles. The van der Waals surface area contributed by atoms with Crippen LogP contribution in [0.2, 0.25) is 0 Å². The molecule has 6 bridgehead atoms. The summed E-state index contributed by atoms with van der Waals surface area (Å²) in [5.74, 6) is -2.56. The minimum absolute atomic E-state index is 0.136. The number of cyclic esters (lactones) is 1. The van der Waals surface area contributed by atoms with E-state index in [1.165, 1.54) is 16.0 Å². The standard InChI is InChI=1S/C51H65N7O7/c1-10-43(59)56-24-21-36(29-56)48(61)55(8)45(31(3)4)47(60)53-41-26-33-15-12-16-34(25-33)35-19-20-42-38(27-35)39(46(57(42)11-2)37-17-13-22-52-44(37)32(5)64-9)28-51(6,7)30-65-50(63)40-18-14-23-58(54-40)49(41)62/h10,12-13,15-17,19-20,22,25,27,31-32,36,40-41,45,54H,1,11,14,18,21,23-24,26,28-30H2,2-9H3,(H,53,60)/t32-,36+,40-,41-,45-/m0/s1. The van der Waals surface area contributed by atoms with Crippen molar-refractivity contribution in [3.63, 3.8) is 0 Å². The van der Waals surface area contributed by atoms with Gasteiger partial charge in [-0.25, -0.2) is 5.43 Å². The molecule has 0 spiro atoms. The minimum Gasteiger partial charge on any atom is -0.464 e. The molecule has 3 aliphatic heterocycles. The molecule has 7 rings (SSSR count). The molecule has 14 nitrogen and oxygen atoms in total. The second kappa shape index (κ2) is 19.7. The molecule has 5 atom stereocenters. The predicted octanol–water partition coefficient (Wildman–Crippen LogP) is 6.26. The van der Waals surface area contributed by atoms with Crippen LogP contribution in [-0.2, 0) is 52.8 Å². The van der Waals surface area contributed by atoms with Crippen LogP contribution in [0.25, 0.3) is 33.3 Å². The van der Waals surface area contributed by atoms with E-state index in [4.69, 9.17) is 14.5 Å². The van der Waals surface area contributed by atoms with Crippen molar-refractivity contribution in [1.29, 1.82) is 0 Å². The van der Waals surface area contributed by atoms with Crippen molar-refractivity contribution in [2.75, 3.05) is 40.4 Å². The Hall–Kier alpha value is -5.86. The van der Waals surface area contributed by atoms with E-state index in [2.05, 4.69) is 79.1 Å². The van der Waals surface area contributed by atoms with Gasteiger partial charge < -0.3 is 29.2 Å². The maximum atomic E-state index is 14.7. The number of aromatic nitrogens is 2. The van der Waals surface area contributed by atoms with Gasteiger partial charge in [0.2, 0.25) is 17.7 Å². The number of pyridine rings is 1. The van der Waals surface area contributed by atoms with Crippen molar-refractivity contribution in [2.24, 2.45) is 17.3 Å². The topological polar surface area (TPSA) is 155 Å². The lowest BCUT2D eigenvalue weighted by atomic mass is 9.84. The van der Waals surface area contributed by atoms with E-state index in [0.717, 1.165) is 50.1 Å². The first kappa shape index (κ1) is 47.1. The smallest absolute Gasteiger partial charge is 0.324 e. The van der Waals surface area contributed by atoms with Crippen molar-refractivity contribution < 1.29 is 33.4 Å². The summed E-state index contributed by atoms with van der Waals surface area (Å²) in [6.45, 7) is 17.5. The summed E-state index contributed by atoms with van der Waals surface area (Å²) in [6, 6.07) is 15.9. The quantitative estimate of drug-likeness (QED) is 0.139. The Labute approximate surface area is 382 Å². The van der Waals surface area contributed by atoms with Crippen molar-refractivity contribution in [3.05, 3.63) is 90.3 Å². The van der Waals surface area contributed by atoms with Crippen molar-refractivity contribution in [1.82, 2.24) is 35.1 Å². The van der Waals surface area contributed by atoms with Gasteiger partial charge in [-0.05, 0) is 98.0 Å². The number of carbonyl (C=O) groups excluding carboxylic acids is 5. The average molecular weight is 888 g/mol. The number of methoxy groups -OCH3 is 1. The van der Waals surface area contributed by atoms with Gasteiger partial charge in [-0.1, -0.05) is 64.6 Å². The molecule has 2 aromatic carbocycles. The summed E-state index contributed by atoms with van der Waals surface area (Å²) >= 11 is 0. The van der Waals surface area contributed by atoms with E-state index < -0.39 is 47.2 Å². The third-order valence-corrected chi connectivity index (χ3v) is 13.3.